The fourth-order valence-corrected chi connectivity index (χ4v) is 9.28. The minimum atomic E-state index is -1.74. The Kier molecular flexibility index (Phi) is 19.2. The van der Waals surface area contributed by atoms with E-state index in [-0.39, 0.29) is 43.8 Å². The molecule has 1 saturated carbocycles. The highest BCUT2D eigenvalue weighted by atomic mass is 16.7. The number of hydrazine groups is 1. The highest BCUT2D eigenvalue weighted by Crippen LogP contribution is 2.40. The quantitative estimate of drug-likeness (QED) is 0.109. The molecule has 3 amide bonds. The van der Waals surface area contributed by atoms with Crippen LogP contribution in [0.25, 0.3) is 0 Å². The number of rotatable bonds is 21. The van der Waals surface area contributed by atoms with Crippen LogP contribution in [0.1, 0.15) is 124 Å². The summed E-state index contributed by atoms with van der Waals surface area (Å²) in [5.41, 5.74) is 1.42. The number of morpholine rings is 1. The molecular weight excluding hydrogens is 725 g/mol. The Morgan fingerprint density at radius 2 is 1.63 bits per heavy atom. The number of hydrogen-bond donors (Lipinski definition) is 2. The maximum atomic E-state index is 15.5. The van der Waals surface area contributed by atoms with Crippen LogP contribution in [-0.2, 0) is 38.9 Å². The van der Waals surface area contributed by atoms with E-state index in [1.165, 1.54) is 37.1 Å². The van der Waals surface area contributed by atoms with Gasteiger partial charge in [0.25, 0.3) is 5.91 Å². The van der Waals surface area contributed by atoms with E-state index < -0.39 is 35.0 Å². The zero-order chi connectivity index (χ0) is 41.4. The second-order valence-corrected chi connectivity index (χ2v) is 17.6. The van der Waals surface area contributed by atoms with Gasteiger partial charge in [-0.15, -0.1) is 0 Å². The van der Waals surface area contributed by atoms with Gasteiger partial charge in [0.15, 0.2) is 5.60 Å². The minimum Gasteiger partial charge on any atom is -0.393 e. The van der Waals surface area contributed by atoms with Gasteiger partial charge in [0.1, 0.15) is 6.79 Å². The predicted octanol–water partition coefficient (Wildman–Crippen LogP) is 6.30. The molecule has 2 saturated heterocycles. The molecule has 0 bridgehead atoms. The molecule has 1 aliphatic carbocycles. The Hall–Kier alpha value is -2.61. The summed E-state index contributed by atoms with van der Waals surface area (Å²) in [6.07, 6.45) is 9.86. The number of ether oxygens (including phenoxy) is 4. The largest absolute Gasteiger partial charge is 0.393 e. The lowest BCUT2D eigenvalue weighted by Crippen LogP contribution is -2.64. The fraction of sp³-hybridized carbons (Fsp3) is 0.800. The van der Waals surface area contributed by atoms with E-state index in [0.717, 1.165) is 6.42 Å². The van der Waals surface area contributed by atoms with Crippen LogP contribution in [0.3, 0.4) is 0 Å². The second kappa shape index (κ2) is 23.3. The average molecular weight is 801 g/mol. The molecule has 1 aromatic rings. The molecule has 1 aromatic carbocycles. The number of hydrogen-bond acceptors (Lipinski definition) is 9. The van der Waals surface area contributed by atoms with Gasteiger partial charge in [0.2, 0.25) is 11.8 Å². The van der Waals surface area contributed by atoms with Crippen molar-refractivity contribution >= 4 is 17.7 Å². The van der Waals surface area contributed by atoms with E-state index in [4.69, 9.17) is 18.9 Å². The van der Waals surface area contributed by atoms with Crippen LogP contribution < -0.4 is 5.43 Å². The summed E-state index contributed by atoms with van der Waals surface area (Å²) in [7, 11) is 1.60. The van der Waals surface area contributed by atoms with Crippen LogP contribution in [0.5, 0.6) is 0 Å². The number of nitrogens with one attached hydrogen (secondary N) is 1. The van der Waals surface area contributed by atoms with Crippen LogP contribution in [0.15, 0.2) is 30.3 Å². The lowest BCUT2D eigenvalue weighted by atomic mass is 9.76. The van der Waals surface area contributed by atoms with Gasteiger partial charge < -0.3 is 29.0 Å². The van der Waals surface area contributed by atoms with Crippen molar-refractivity contribution in [1.29, 1.82) is 0 Å². The zero-order valence-corrected chi connectivity index (χ0v) is 36.3. The van der Waals surface area contributed by atoms with Gasteiger partial charge in [-0.3, -0.25) is 29.7 Å². The summed E-state index contributed by atoms with van der Waals surface area (Å²) in [5.74, 6) is -1.82. The predicted molar refractivity (Wildman–Crippen MR) is 222 cm³/mol. The van der Waals surface area contributed by atoms with Crippen molar-refractivity contribution < 1.29 is 38.4 Å². The van der Waals surface area contributed by atoms with Crippen molar-refractivity contribution in [2.75, 3.05) is 66.4 Å². The minimum absolute atomic E-state index is 0.0123. The molecule has 2 heterocycles. The molecule has 0 radical (unpaired) electrons. The molecule has 0 aromatic heterocycles. The molecule has 0 spiro atoms. The lowest BCUT2D eigenvalue weighted by Gasteiger charge is -2.46. The molecule has 4 atom stereocenters. The van der Waals surface area contributed by atoms with Gasteiger partial charge in [0, 0.05) is 51.4 Å². The van der Waals surface area contributed by atoms with Gasteiger partial charge in [0.05, 0.1) is 37.9 Å². The Morgan fingerprint density at radius 1 is 0.965 bits per heavy atom. The van der Waals surface area contributed by atoms with Crippen LogP contribution in [0.2, 0.25) is 0 Å². The number of methoxy groups -OCH3 is 1. The number of piperidine rings is 1. The summed E-state index contributed by atoms with van der Waals surface area (Å²) in [5, 5.41) is 12.9. The number of aliphatic hydroxyl groups excluding tert-OH is 1. The first-order valence-electron chi connectivity index (χ1n) is 22.1. The number of aliphatic hydroxyl groups is 1. The van der Waals surface area contributed by atoms with Crippen molar-refractivity contribution in [3.8, 4) is 0 Å². The lowest BCUT2D eigenvalue weighted by molar-refractivity contribution is -0.177. The molecule has 12 heteroatoms. The topological polar surface area (TPSA) is 130 Å². The van der Waals surface area contributed by atoms with Crippen molar-refractivity contribution in [3.05, 3.63) is 35.9 Å². The maximum Gasteiger partial charge on any atom is 0.276 e. The number of nitrogens with zero attached hydrogens (tertiary/aromatic N) is 3. The number of amides is 3. The summed E-state index contributed by atoms with van der Waals surface area (Å²) in [4.78, 5) is 49.5. The van der Waals surface area contributed by atoms with Gasteiger partial charge in [-0.25, -0.2) is 0 Å². The van der Waals surface area contributed by atoms with Crippen molar-refractivity contribution in [2.24, 2.45) is 23.7 Å². The highest BCUT2D eigenvalue weighted by Gasteiger charge is 2.53. The van der Waals surface area contributed by atoms with Gasteiger partial charge in [-0.2, -0.15) is 0 Å². The molecule has 3 aliphatic rings. The Labute approximate surface area is 343 Å². The molecule has 3 fully saturated rings. The van der Waals surface area contributed by atoms with E-state index >= 15 is 9.59 Å². The van der Waals surface area contributed by atoms with Gasteiger partial charge in [-0.05, 0) is 76.7 Å². The summed E-state index contributed by atoms with van der Waals surface area (Å²) >= 11 is 0. The molecule has 324 valence electrons. The van der Waals surface area contributed by atoms with Crippen LogP contribution >= 0.6 is 0 Å². The average Bonchev–Trinajstić information content (AvgIpc) is 3.22. The standard InChI is InChI=1S/C45H76N4O8/c1-8-16-40(42(52)47-25-23-38(24-26-47)56-33-54-7)45(57-9-2,36-19-14-11-15-20-36)43(53)46-49(32-44(5,6)48-27-29-55-30-28-48)41(51)39(34(3)4)31-37(50)22-21-35-17-12-10-13-18-35/h11,14-15,19-20,34-35,37-40,50H,8-10,12-13,16-18,21-33H2,1-7H3,(H,46,53)/t37-,39-,40?,45+/m0/s1. The zero-order valence-electron chi connectivity index (χ0n) is 36.3. The van der Waals surface area contributed by atoms with Crippen LogP contribution in [-0.4, -0.2) is 122 Å². The summed E-state index contributed by atoms with van der Waals surface area (Å²) in [6.45, 7) is 16.2. The monoisotopic (exact) mass is 801 g/mol. The SMILES string of the molecule is CCCC(C(=O)N1CCC(OCOC)CC1)[C@@](OCC)(C(=O)NN(CC(C)(C)N1CCOCC1)C(=O)[C@@H](C[C@@H](O)CCC1CCCCC1)C(C)C)c1ccccc1. The Morgan fingerprint density at radius 3 is 2.23 bits per heavy atom. The Balaban J connectivity index is 1.70. The number of benzene rings is 1. The normalized spacial score (nSPS) is 20.5. The first kappa shape index (κ1) is 47.1. The van der Waals surface area contributed by atoms with E-state index in [1.54, 1.807) is 7.11 Å². The van der Waals surface area contributed by atoms with Crippen molar-refractivity contribution in [3.63, 3.8) is 0 Å². The summed E-state index contributed by atoms with van der Waals surface area (Å²) < 4.78 is 23.3. The second-order valence-electron chi connectivity index (χ2n) is 17.6. The maximum absolute atomic E-state index is 15.5. The van der Waals surface area contributed by atoms with Gasteiger partial charge >= 0.3 is 0 Å². The Bertz CT molecular complexity index is 1340. The molecule has 57 heavy (non-hydrogen) atoms. The highest BCUT2D eigenvalue weighted by molar-refractivity contribution is 5.95. The van der Waals surface area contributed by atoms with E-state index in [9.17, 15) is 9.90 Å². The number of carbonyl (C=O) groups excluding carboxylic acids is 3. The fourth-order valence-electron chi connectivity index (χ4n) is 9.28. The molecular formula is C45H76N4O8. The first-order valence-corrected chi connectivity index (χ1v) is 22.1. The summed E-state index contributed by atoms with van der Waals surface area (Å²) in [6, 6.07) is 9.29. The number of likely N-dealkylation sites (tertiary alicyclic amines) is 1. The molecule has 1 unspecified atom stereocenters. The van der Waals surface area contributed by atoms with Crippen LogP contribution in [0, 0.1) is 23.7 Å². The van der Waals surface area contributed by atoms with E-state index in [0.29, 0.717) is 89.4 Å². The van der Waals surface area contributed by atoms with Crippen molar-refractivity contribution in [1.82, 2.24) is 20.2 Å². The van der Waals surface area contributed by atoms with E-state index in [2.05, 4.69) is 24.2 Å². The third-order valence-corrected chi connectivity index (χ3v) is 12.6. The first-order chi connectivity index (χ1) is 27.4. The third-order valence-electron chi connectivity index (χ3n) is 12.6. The molecule has 2 aliphatic heterocycles. The molecule has 4 rings (SSSR count). The third kappa shape index (κ3) is 12.9. The van der Waals surface area contributed by atoms with Crippen LogP contribution in [0.4, 0.5) is 0 Å². The van der Waals surface area contributed by atoms with Gasteiger partial charge in [-0.1, -0.05) is 89.6 Å². The number of carbonyl (C=O) groups is 3. The van der Waals surface area contributed by atoms with Crippen molar-refractivity contribution in [2.45, 2.75) is 142 Å². The molecule has 2 N–H and O–H groups in total. The smallest absolute Gasteiger partial charge is 0.276 e. The molecule has 12 nitrogen and oxygen atoms in total. The van der Waals surface area contributed by atoms with E-state index in [1.807, 2.05) is 62.9 Å².